The molecule has 2 aromatic heterocycles. The first-order valence-electron chi connectivity index (χ1n) is 10.6. The molecule has 2 aliphatic rings. The van der Waals surface area contributed by atoms with Gasteiger partial charge in [-0.1, -0.05) is 36.9 Å². The molecule has 7 heteroatoms. The van der Waals surface area contributed by atoms with Crippen molar-refractivity contribution >= 4 is 34.4 Å². The van der Waals surface area contributed by atoms with E-state index in [1.807, 2.05) is 37.4 Å². The van der Waals surface area contributed by atoms with E-state index in [9.17, 15) is 4.79 Å². The molecule has 1 unspecified atom stereocenters. The number of ketones is 1. The lowest BCUT2D eigenvalue weighted by Crippen LogP contribution is -2.34. The van der Waals surface area contributed by atoms with Gasteiger partial charge in [0.1, 0.15) is 0 Å². The molecular formula is C22H27N5OS. The summed E-state index contributed by atoms with van der Waals surface area (Å²) in [5.41, 5.74) is 1.75. The Kier molecular flexibility index (Phi) is 4.86. The van der Waals surface area contributed by atoms with Gasteiger partial charge < -0.3 is 9.88 Å². The Morgan fingerprint density at radius 1 is 1.17 bits per heavy atom. The van der Waals surface area contributed by atoms with Crippen LogP contribution in [0, 0.1) is 5.92 Å². The Labute approximate surface area is 175 Å². The van der Waals surface area contributed by atoms with Gasteiger partial charge in [-0.2, -0.15) is 0 Å². The summed E-state index contributed by atoms with van der Waals surface area (Å²) in [4.78, 5) is 18.7. The first-order chi connectivity index (χ1) is 14.1. The van der Waals surface area contributed by atoms with Crippen LogP contribution in [-0.4, -0.2) is 43.9 Å². The zero-order valence-corrected chi connectivity index (χ0v) is 17.8. The van der Waals surface area contributed by atoms with Gasteiger partial charge in [-0.05, 0) is 44.6 Å². The number of piperidine rings is 1. The van der Waals surface area contributed by atoms with Crippen molar-refractivity contribution < 1.29 is 4.79 Å². The molecule has 2 fully saturated rings. The number of fused-ring (bicyclic) bond motifs is 1. The predicted octanol–water partition coefficient (Wildman–Crippen LogP) is 4.69. The van der Waals surface area contributed by atoms with Gasteiger partial charge in [-0.15, -0.1) is 10.2 Å². The Bertz CT molecular complexity index is 1030. The van der Waals surface area contributed by atoms with Gasteiger partial charge in [0.05, 0.1) is 5.25 Å². The molecule has 29 heavy (non-hydrogen) atoms. The number of thioether (sulfide) groups is 1. The van der Waals surface area contributed by atoms with E-state index in [0.717, 1.165) is 46.6 Å². The highest BCUT2D eigenvalue weighted by Crippen LogP contribution is 2.42. The summed E-state index contributed by atoms with van der Waals surface area (Å²) >= 11 is 1.54. The van der Waals surface area contributed by atoms with E-state index in [1.54, 1.807) is 0 Å². The number of benzene rings is 1. The number of H-pyrrole nitrogens is 1. The van der Waals surface area contributed by atoms with Crippen LogP contribution in [0.25, 0.3) is 10.9 Å². The maximum absolute atomic E-state index is 13.2. The number of carbonyl (C=O) groups excluding carboxylic acids is 1. The van der Waals surface area contributed by atoms with E-state index >= 15 is 0 Å². The van der Waals surface area contributed by atoms with Crippen LogP contribution >= 0.6 is 11.8 Å². The molecule has 1 atom stereocenters. The normalized spacial score (nSPS) is 19.0. The molecule has 3 aromatic rings. The highest BCUT2D eigenvalue weighted by Gasteiger charge is 2.34. The molecule has 5 rings (SSSR count). The number of carbonyl (C=O) groups is 1. The number of hydrogen-bond acceptors (Lipinski definition) is 5. The minimum absolute atomic E-state index is 0.131. The first-order valence-corrected chi connectivity index (χ1v) is 11.5. The molecule has 1 saturated carbocycles. The van der Waals surface area contributed by atoms with Crippen LogP contribution in [0.5, 0.6) is 0 Å². The molecule has 1 aliphatic carbocycles. The van der Waals surface area contributed by atoms with Crippen LogP contribution in [0.3, 0.4) is 0 Å². The van der Waals surface area contributed by atoms with Crippen LogP contribution in [0.15, 0.2) is 35.6 Å². The summed E-state index contributed by atoms with van der Waals surface area (Å²) < 4.78 is 2.29. The van der Waals surface area contributed by atoms with Crippen molar-refractivity contribution in [3.8, 4) is 0 Å². The Morgan fingerprint density at radius 2 is 1.93 bits per heavy atom. The van der Waals surface area contributed by atoms with Gasteiger partial charge in [0, 0.05) is 41.8 Å². The molecular weight excluding hydrogens is 382 g/mol. The summed E-state index contributed by atoms with van der Waals surface area (Å²) in [5, 5.41) is 10.7. The predicted molar refractivity (Wildman–Crippen MR) is 117 cm³/mol. The van der Waals surface area contributed by atoms with Crippen molar-refractivity contribution in [3.63, 3.8) is 0 Å². The van der Waals surface area contributed by atoms with E-state index in [2.05, 4.69) is 31.6 Å². The number of aromatic amines is 1. The minimum atomic E-state index is -0.217. The van der Waals surface area contributed by atoms with Crippen LogP contribution < -0.4 is 4.90 Å². The number of nitrogens with zero attached hydrogens (tertiary/aromatic N) is 4. The fourth-order valence-electron chi connectivity index (χ4n) is 4.13. The number of para-hydroxylation sites is 1. The number of hydrogen-bond donors (Lipinski definition) is 1. The van der Waals surface area contributed by atoms with E-state index in [1.165, 1.54) is 37.4 Å². The number of Topliss-reactive ketones (excluding diaryl/α,β-unsaturated/α-hetero) is 1. The highest BCUT2D eigenvalue weighted by atomic mass is 32.2. The third-order valence-electron chi connectivity index (χ3n) is 6.13. The van der Waals surface area contributed by atoms with E-state index in [4.69, 9.17) is 0 Å². The summed E-state index contributed by atoms with van der Waals surface area (Å²) in [6.07, 6.45) is 6.59. The zero-order chi connectivity index (χ0) is 20.0. The lowest BCUT2D eigenvalue weighted by molar-refractivity contribution is 0.0995. The molecule has 1 saturated heterocycles. The summed E-state index contributed by atoms with van der Waals surface area (Å²) in [5.74, 6) is 1.91. The Morgan fingerprint density at radius 3 is 2.69 bits per heavy atom. The lowest BCUT2D eigenvalue weighted by atomic mass is 10.00. The van der Waals surface area contributed by atoms with Crippen LogP contribution in [0.4, 0.5) is 5.95 Å². The smallest absolute Gasteiger partial charge is 0.228 e. The van der Waals surface area contributed by atoms with Gasteiger partial charge in [-0.25, -0.2) is 0 Å². The van der Waals surface area contributed by atoms with Gasteiger partial charge >= 0.3 is 0 Å². The van der Waals surface area contributed by atoms with Crippen molar-refractivity contribution in [1.82, 2.24) is 19.7 Å². The fourth-order valence-corrected chi connectivity index (χ4v) is 5.11. The summed E-state index contributed by atoms with van der Waals surface area (Å²) in [6, 6.07) is 8.43. The topological polar surface area (TPSA) is 66.8 Å². The van der Waals surface area contributed by atoms with Gasteiger partial charge in [0.15, 0.2) is 10.9 Å². The van der Waals surface area contributed by atoms with Crippen molar-refractivity contribution in [1.29, 1.82) is 0 Å². The average Bonchev–Trinajstić information content (AvgIpc) is 3.35. The van der Waals surface area contributed by atoms with Gasteiger partial charge in [-0.3, -0.25) is 9.36 Å². The molecule has 6 nitrogen and oxygen atoms in total. The molecule has 1 aromatic carbocycles. The van der Waals surface area contributed by atoms with Crippen molar-refractivity contribution in [3.05, 3.63) is 36.0 Å². The second kappa shape index (κ2) is 7.52. The third kappa shape index (κ3) is 3.56. The lowest BCUT2D eigenvalue weighted by Gasteiger charge is -2.31. The Balaban J connectivity index is 1.38. The zero-order valence-electron chi connectivity index (χ0n) is 17.0. The summed E-state index contributed by atoms with van der Waals surface area (Å²) in [7, 11) is 0. The van der Waals surface area contributed by atoms with Crippen molar-refractivity contribution in [2.24, 2.45) is 5.92 Å². The average molecular weight is 410 g/mol. The molecule has 3 heterocycles. The van der Waals surface area contributed by atoms with Crippen LogP contribution in [-0.2, 0) is 0 Å². The van der Waals surface area contributed by atoms with Gasteiger partial charge in [0.2, 0.25) is 5.95 Å². The highest BCUT2D eigenvalue weighted by molar-refractivity contribution is 8.00. The standard InChI is InChI=1S/C22H27N5OS/c1-14-9-11-26(12-10-14)21-24-25-22(27(21)16-7-8-16)29-15(2)20(28)18-13-23-19-6-4-3-5-17(18)19/h3-6,13-16,23H,7-12H2,1-2H3. The molecule has 152 valence electrons. The molecule has 0 amide bonds. The van der Waals surface area contributed by atoms with Crippen LogP contribution in [0.1, 0.15) is 55.9 Å². The second-order valence-corrected chi connectivity index (χ2v) is 9.73. The second-order valence-electron chi connectivity index (χ2n) is 8.43. The van der Waals surface area contributed by atoms with Crippen LogP contribution in [0.2, 0.25) is 0 Å². The Hall–Kier alpha value is -2.28. The number of rotatable bonds is 6. The minimum Gasteiger partial charge on any atom is -0.360 e. The summed E-state index contributed by atoms with van der Waals surface area (Å²) in [6.45, 7) is 6.38. The third-order valence-corrected chi connectivity index (χ3v) is 7.19. The quantitative estimate of drug-likeness (QED) is 0.472. The van der Waals surface area contributed by atoms with E-state index < -0.39 is 0 Å². The van der Waals surface area contributed by atoms with Gasteiger partial charge in [0.25, 0.3) is 0 Å². The van der Waals surface area contributed by atoms with Crippen molar-refractivity contribution in [2.45, 2.75) is 56.0 Å². The molecule has 1 N–H and O–H groups in total. The molecule has 1 aliphatic heterocycles. The molecule has 0 radical (unpaired) electrons. The number of anilines is 1. The molecule has 0 bridgehead atoms. The number of aromatic nitrogens is 4. The molecule has 0 spiro atoms. The number of nitrogens with one attached hydrogen (secondary N) is 1. The maximum atomic E-state index is 13.2. The largest absolute Gasteiger partial charge is 0.360 e. The monoisotopic (exact) mass is 409 g/mol. The maximum Gasteiger partial charge on any atom is 0.228 e. The fraction of sp³-hybridized carbons (Fsp3) is 0.500. The van der Waals surface area contributed by atoms with Crippen molar-refractivity contribution in [2.75, 3.05) is 18.0 Å². The SMILES string of the molecule is CC1CCN(c2nnc(SC(C)C(=O)c3c[nH]c4ccccc34)n2C2CC2)CC1. The van der Waals surface area contributed by atoms with E-state index in [-0.39, 0.29) is 11.0 Å². The first kappa shape index (κ1) is 18.7. The van der Waals surface area contributed by atoms with E-state index in [0.29, 0.717) is 6.04 Å².